The first-order valence-corrected chi connectivity index (χ1v) is 15.1. The summed E-state index contributed by atoms with van der Waals surface area (Å²) < 4.78 is 23.5. The van der Waals surface area contributed by atoms with Crippen LogP contribution in [0.4, 0.5) is 15.3 Å². The van der Waals surface area contributed by atoms with Gasteiger partial charge < -0.3 is 26.0 Å². The van der Waals surface area contributed by atoms with Crippen molar-refractivity contribution in [3.05, 3.63) is 39.5 Å². The van der Waals surface area contributed by atoms with Gasteiger partial charge in [0.05, 0.1) is 26.8 Å². The summed E-state index contributed by atoms with van der Waals surface area (Å²) in [5.74, 6) is 1.01. The van der Waals surface area contributed by atoms with E-state index in [2.05, 4.69) is 20.5 Å². The number of nitrogens with two attached hydrogens (primary N) is 1. The number of thiazole rings is 1. The van der Waals surface area contributed by atoms with Crippen LogP contribution in [0, 0.1) is 11.7 Å². The van der Waals surface area contributed by atoms with E-state index in [0.29, 0.717) is 62.1 Å². The number of piperazine rings is 1. The van der Waals surface area contributed by atoms with Crippen LogP contribution in [0.2, 0.25) is 5.02 Å². The third-order valence-electron chi connectivity index (χ3n) is 9.00. The van der Waals surface area contributed by atoms with Crippen LogP contribution in [0.15, 0.2) is 23.0 Å². The predicted molar refractivity (Wildman–Crippen MR) is 156 cm³/mol. The molecule has 3 fully saturated rings. The van der Waals surface area contributed by atoms with Gasteiger partial charge in [0.25, 0.3) is 0 Å². The number of hydrogen-bond donors (Lipinski definition) is 3. The number of nitrogens with one attached hydrogen (secondary N) is 2. The Hall–Kier alpha value is -2.99. The molecule has 0 radical (unpaired) electrons. The van der Waals surface area contributed by atoms with Crippen LogP contribution in [0.3, 0.4) is 0 Å². The largest absolute Gasteiger partial charge is 0.488 e. The smallest absolute Gasteiger partial charge is 0.350 e. The van der Waals surface area contributed by atoms with Crippen molar-refractivity contribution in [3.8, 4) is 16.9 Å². The van der Waals surface area contributed by atoms with E-state index in [1.54, 1.807) is 6.07 Å². The Kier molecular flexibility index (Phi) is 5.74. The lowest BCUT2D eigenvalue weighted by Gasteiger charge is -2.38. The van der Waals surface area contributed by atoms with Crippen molar-refractivity contribution in [1.82, 2.24) is 25.2 Å². The first kappa shape index (κ1) is 24.8. The number of hydrogen-bond acceptors (Lipinski definition) is 9. The maximum absolute atomic E-state index is 14.7. The molecule has 4 aliphatic rings. The standard InChI is InChI=1S/C28H29ClFN7O2S/c29-18-8-17-23-24(21(18)16-5-6-19(30)25-22(16)34-27(31)40-25)39-12-20(13-2-1-7-32-9-13)37(23)28(38)35-26(17)36-10-14-3-4-15(11-36)33-14/h5-6,8,13-15,20,32-33H,1-4,7,9-12H2,(H2,31,34)/t13?,14?,15?,20-/m1/s1. The molecule has 0 spiro atoms. The van der Waals surface area contributed by atoms with Gasteiger partial charge in [0.1, 0.15) is 18.2 Å². The van der Waals surface area contributed by atoms with E-state index in [1.807, 2.05) is 10.6 Å². The predicted octanol–water partition coefficient (Wildman–Crippen LogP) is 3.92. The number of rotatable bonds is 3. The van der Waals surface area contributed by atoms with Crippen LogP contribution in [0.25, 0.3) is 32.2 Å². The van der Waals surface area contributed by atoms with Gasteiger partial charge in [-0.2, -0.15) is 4.98 Å². The summed E-state index contributed by atoms with van der Waals surface area (Å²) in [4.78, 5) is 25.3. The summed E-state index contributed by atoms with van der Waals surface area (Å²) in [5, 5.41) is 8.64. The number of anilines is 2. The van der Waals surface area contributed by atoms with E-state index < -0.39 is 0 Å². The molecule has 2 aromatic heterocycles. The number of benzene rings is 2. The first-order valence-electron chi connectivity index (χ1n) is 13.9. The lowest BCUT2D eigenvalue weighted by Crippen LogP contribution is -2.52. The van der Waals surface area contributed by atoms with E-state index in [1.165, 1.54) is 6.07 Å². The molecule has 0 amide bonds. The Morgan fingerprint density at radius 3 is 2.77 bits per heavy atom. The lowest BCUT2D eigenvalue weighted by atomic mass is 9.90. The number of nitrogens with zero attached hydrogens (tertiary/aromatic N) is 4. The maximum Gasteiger partial charge on any atom is 0.350 e. The van der Waals surface area contributed by atoms with Crippen LogP contribution < -0.4 is 31.7 Å². The molecule has 4 aliphatic heterocycles. The van der Waals surface area contributed by atoms with Crippen molar-refractivity contribution >= 4 is 55.0 Å². The number of aromatic nitrogens is 3. The van der Waals surface area contributed by atoms with Gasteiger partial charge >= 0.3 is 5.69 Å². The highest BCUT2D eigenvalue weighted by Gasteiger charge is 2.38. The van der Waals surface area contributed by atoms with Crippen molar-refractivity contribution in [2.45, 2.75) is 43.8 Å². The Bertz CT molecular complexity index is 1720. The van der Waals surface area contributed by atoms with Gasteiger partial charge in [-0.15, -0.1) is 0 Å². The van der Waals surface area contributed by atoms with Crippen LogP contribution >= 0.6 is 22.9 Å². The van der Waals surface area contributed by atoms with Crippen molar-refractivity contribution < 1.29 is 9.13 Å². The third-order valence-corrected chi connectivity index (χ3v) is 10.2. The van der Waals surface area contributed by atoms with Crippen molar-refractivity contribution in [1.29, 1.82) is 0 Å². The van der Waals surface area contributed by atoms with Gasteiger partial charge in [-0.25, -0.2) is 14.2 Å². The quantitative estimate of drug-likeness (QED) is 0.334. The highest BCUT2D eigenvalue weighted by molar-refractivity contribution is 7.22. The molecule has 8 rings (SSSR count). The number of fused-ring (bicyclic) bond motifs is 3. The Morgan fingerprint density at radius 2 is 2.00 bits per heavy atom. The normalized spacial score (nSPS) is 26.0. The average Bonchev–Trinajstić information content (AvgIpc) is 3.52. The van der Waals surface area contributed by atoms with Gasteiger partial charge in [-0.05, 0) is 56.3 Å². The topological polar surface area (TPSA) is 110 Å². The van der Waals surface area contributed by atoms with Crippen molar-refractivity contribution in [3.63, 3.8) is 0 Å². The molecule has 6 heterocycles. The van der Waals surface area contributed by atoms with Crippen LogP contribution in [-0.2, 0) is 0 Å². The molecule has 2 aromatic carbocycles. The zero-order valence-corrected chi connectivity index (χ0v) is 23.3. The van der Waals surface area contributed by atoms with Gasteiger partial charge in [-0.3, -0.25) is 4.57 Å². The highest BCUT2D eigenvalue weighted by atomic mass is 35.5. The number of halogens is 2. The molecule has 3 saturated heterocycles. The maximum atomic E-state index is 14.7. The monoisotopic (exact) mass is 581 g/mol. The average molecular weight is 582 g/mol. The second-order valence-electron chi connectivity index (χ2n) is 11.4. The molecule has 40 heavy (non-hydrogen) atoms. The molecule has 4 aromatic rings. The second-order valence-corrected chi connectivity index (χ2v) is 12.8. The van der Waals surface area contributed by atoms with Crippen LogP contribution in [-0.4, -0.2) is 59.4 Å². The minimum atomic E-state index is -0.388. The van der Waals surface area contributed by atoms with E-state index in [9.17, 15) is 9.18 Å². The molecule has 0 aliphatic carbocycles. The number of piperidine rings is 1. The lowest BCUT2D eigenvalue weighted by molar-refractivity contribution is 0.161. The Balaban J connectivity index is 1.40. The zero-order valence-electron chi connectivity index (χ0n) is 21.8. The molecule has 4 atom stereocenters. The van der Waals surface area contributed by atoms with E-state index in [4.69, 9.17) is 27.1 Å². The summed E-state index contributed by atoms with van der Waals surface area (Å²) in [6.07, 6.45) is 4.28. The molecule has 4 N–H and O–H groups in total. The van der Waals surface area contributed by atoms with Crippen molar-refractivity contribution in [2.24, 2.45) is 5.92 Å². The van der Waals surface area contributed by atoms with E-state index in [0.717, 1.165) is 68.6 Å². The van der Waals surface area contributed by atoms with Gasteiger partial charge in [0.2, 0.25) is 0 Å². The Morgan fingerprint density at radius 1 is 1.18 bits per heavy atom. The fraction of sp³-hybridized carbons (Fsp3) is 0.464. The minimum absolute atomic E-state index is 0.159. The fourth-order valence-corrected chi connectivity index (χ4v) is 8.29. The number of ether oxygens (including phenoxy) is 1. The molecular weight excluding hydrogens is 553 g/mol. The molecule has 9 nitrogen and oxygen atoms in total. The molecular formula is C28H29ClFN7O2S. The van der Waals surface area contributed by atoms with E-state index in [-0.39, 0.29) is 28.6 Å². The van der Waals surface area contributed by atoms with Crippen LogP contribution in [0.1, 0.15) is 31.7 Å². The first-order chi connectivity index (χ1) is 19.5. The van der Waals surface area contributed by atoms with Crippen molar-refractivity contribution in [2.75, 3.05) is 43.4 Å². The molecule has 12 heteroatoms. The fourth-order valence-electron chi connectivity index (χ4n) is 7.23. The Labute approximate surface area is 238 Å². The molecule has 2 bridgehead atoms. The third kappa shape index (κ3) is 3.74. The summed E-state index contributed by atoms with van der Waals surface area (Å²) in [7, 11) is 0. The van der Waals surface area contributed by atoms with Gasteiger partial charge in [0, 0.05) is 48.2 Å². The zero-order chi connectivity index (χ0) is 27.1. The van der Waals surface area contributed by atoms with Gasteiger partial charge in [-0.1, -0.05) is 22.9 Å². The van der Waals surface area contributed by atoms with E-state index >= 15 is 0 Å². The summed E-state index contributed by atoms with van der Waals surface area (Å²) in [6.45, 7) is 3.68. The summed E-state index contributed by atoms with van der Waals surface area (Å²) in [5.41, 5.74) is 8.07. The SMILES string of the molecule is Nc1nc2c(-c3c(Cl)cc4c(N5CC6CCC(C5)N6)nc(=O)n5c4c3OC[C@@H]5C3CCCNC3)ccc(F)c2s1. The van der Waals surface area contributed by atoms with Gasteiger partial charge in [0.15, 0.2) is 10.9 Å². The summed E-state index contributed by atoms with van der Waals surface area (Å²) in [6, 6.07) is 5.56. The minimum Gasteiger partial charge on any atom is -0.488 e. The van der Waals surface area contributed by atoms with Crippen LogP contribution in [0.5, 0.6) is 5.75 Å². The highest BCUT2D eigenvalue weighted by Crippen LogP contribution is 2.49. The molecule has 208 valence electrons. The molecule has 0 saturated carbocycles. The molecule has 3 unspecified atom stereocenters. The number of nitrogen functional groups attached to an aromatic ring is 1. The second kappa shape index (κ2) is 9.27. The summed E-state index contributed by atoms with van der Waals surface area (Å²) >= 11 is 8.16.